The number of rotatable bonds is 6. The zero-order valence-electron chi connectivity index (χ0n) is 16.3. The fourth-order valence-electron chi connectivity index (χ4n) is 3.02. The topological polar surface area (TPSA) is 46.6 Å². The summed E-state index contributed by atoms with van der Waals surface area (Å²) in [5.41, 5.74) is 2.43. The van der Waals surface area contributed by atoms with Gasteiger partial charge < -0.3 is 4.74 Å². The predicted octanol–water partition coefficient (Wildman–Crippen LogP) is 6.81. The average molecular weight is 470 g/mol. The molecular weight excluding hydrogens is 453 g/mol. The average Bonchev–Trinajstić information content (AvgIpc) is 3.03. The van der Waals surface area contributed by atoms with Gasteiger partial charge in [0.25, 0.3) is 11.1 Å². The van der Waals surface area contributed by atoms with Gasteiger partial charge >= 0.3 is 0 Å². The van der Waals surface area contributed by atoms with Gasteiger partial charge in [-0.15, -0.1) is 0 Å². The second-order valence-electron chi connectivity index (χ2n) is 6.81. The van der Waals surface area contributed by atoms with E-state index in [4.69, 9.17) is 27.9 Å². The first-order valence-electron chi connectivity index (χ1n) is 9.46. The lowest BCUT2D eigenvalue weighted by Gasteiger charge is -2.13. The van der Waals surface area contributed by atoms with Gasteiger partial charge in [-0.2, -0.15) is 0 Å². The van der Waals surface area contributed by atoms with Crippen molar-refractivity contribution in [3.05, 3.63) is 104 Å². The number of nitrogens with zero attached hydrogens (tertiary/aromatic N) is 1. The van der Waals surface area contributed by atoms with Gasteiger partial charge in [0.1, 0.15) is 12.4 Å². The first kappa shape index (κ1) is 21.5. The molecule has 0 aliphatic carbocycles. The molecule has 0 spiro atoms. The van der Waals surface area contributed by atoms with Crippen LogP contribution in [0.1, 0.15) is 16.7 Å². The van der Waals surface area contributed by atoms with Crippen molar-refractivity contribution in [3.8, 4) is 5.75 Å². The molecule has 1 saturated heterocycles. The highest BCUT2D eigenvalue weighted by Crippen LogP contribution is 2.34. The number of ether oxygens (including phenoxy) is 1. The number of halogens is 2. The van der Waals surface area contributed by atoms with Crippen LogP contribution in [0.2, 0.25) is 10.0 Å². The zero-order chi connectivity index (χ0) is 21.8. The minimum Gasteiger partial charge on any atom is -0.489 e. The molecule has 1 heterocycles. The Morgan fingerprint density at radius 2 is 1.45 bits per heavy atom. The van der Waals surface area contributed by atoms with Crippen LogP contribution in [0, 0.1) is 0 Å². The van der Waals surface area contributed by atoms with Gasteiger partial charge in [0, 0.05) is 15.6 Å². The molecule has 4 nitrogen and oxygen atoms in total. The van der Waals surface area contributed by atoms with E-state index in [1.807, 2.05) is 54.6 Å². The van der Waals surface area contributed by atoms with Crippen LogP contribution >= 0.6 is 35.0 Å². The van der Waals surface area contributed by atoms with Gasteiger partial charge in [-0.25, -0.2) is 0 Å². The van der Waals surface area contributed by atoms with Crippen molar-refractivity contribution in [2.45, 2.75) is 13.2 Å². The second-order valence-corrected chi connectivity index (χ2v) is 8.62. The maximum Gasteiger partial charge on any atom is 0.293 e. The fourth-order valence-corrected chi connectivity index (χ4v) is 4.25. The van der Waals surface area contributed by atoms with E-state index in [0.29, 0.717) is 27.3 Å². The Morgan fingerprint density at radius 1 is 0.839 bits per heavy atom. The molecule has 7 heteroatoms. The maximum absolute atomic E-state index is 12.7. The lowest BCUT2D eigenvalue weighted by atomic mass is 10.2. The molecule has 0 saturated carbocycles. The van der Waals surface area contributed by atoms with Gasteiger partial charge in [-0.05, 0) is 53.2 Å². The molecule has 1 aliphatic rings. The molecule has 0 radical (unpaired) electrons. The number of amides is 2. The highest BCUT2D eigenvalue weighted by atomic mass is 35.5. The van der Waals surface area contributed by atoms with Crippen LogP contribution in [-0.2, 0) is 17.9 Å². The SMILES string of the molecule is O=C1S/C(=C/c2ccc(OCc3ccccc3Cl)cc2)C(=O)N1Cc1ccccc1Cl. The molecule has 3 aromatic rings. The number of hydrogen-bond donors (Lipinski definition) is 0. The molecule has 0 bridgehead atoms. The van der Waals surface area contributed by atoms with Crippen molar-refractivity contribution < 1.29 is 14.3 Å². The fraction of sp³-hybridized carbons (Fsp3) is 0.0833. The molecule has 1 aliphatic heterocycles. The minimum absolute atomic E-state index is 0.149. The number of hydrogen-bond acceptors (Lipinski definition) is 4. The van der Waals surface area contributed by atoms with Crippen molar-refractivity contribution in [3.63, 3.8) is 0 Å². The molecule has 0 aromatic heterocycles. The molecule has 0 N–H and O–H groups in total. The summed E-state index contributed by atoms with van der Waals surface area (Å²) in [6, 6.07) is 22.0. The third-order valence-electron chi connectivity index (χ3n) is 4.69. The van der Waals surface area contributed by atoms with Crippen LogP contribution in [0.25, 0.3) is 6.08 Å². The summed E-state index contributed by atoms with van der Waals surface area (Å²) in [4.78, 5) is 26.7. The molecule has 0 unspecified atom stereocenters. The zero-order valence-corrected chi connectivity index (χ0v) is 18.6. The van der Waals surface area contributed by atoms with E-state index in [9.17, 15) is 9.59 Å². The predicted molar refractivity (Wildman–Crippen MR) is 125 cm³/mol. The van der Waals surface area contributed by atoms with Crippen molar-refractivity contribution in [2.24, 2.45) is 0 Å². The van der Waals surface area contributed by atoms with Gasteiger partial charge in [-0.1, -0.05) is 71.7 Å². The van der Waals surface area contributed by atoms with E-state index < -0.39 is 0 Å². The van der Waals surface area contributed by atoms with Crippen LogP contribution in [0.15, 0.2) is 77.7 Å². The molecular formula is C24H17Cl2NO3S. The summed E-state index contributed by atoms with van der Waals surface area (Å²) in [5, 5.41) is 0.875. The molecule has 31 heavy (non-hydrogen) atoms. The van der Waals surface area contributed by atoms with Crippen LogP contribution in [0.4, 0.5) is 4.79 Å². The van der Waals surface area contributed by atoms with E-state index >= 15 is 0 Å². The van der Waals surface area contributed by atoms with Gasteiger partial charge in [0.05, 0.1) is 11.4 Å². The summed E-state index contributed by atoms with van der Waals surface area (Å²) in [5.74, 6) is 0.359. The van der Waals surface area contributed by atoms with Gasteiger partial charge in [0.15, 0.2) is 0 Å². The molecule has 1 fully saturated rings. The Kier molecular flexibility index (Phi) is 6.66. The molecule has 156 valence electrons. The molecule has 4 rings (SSSR count). The van der Waals surface area contributed by atoms with Crippen molar-refractivity contribution >= 4 is 52.2 Å². The van der Waals surface area contributed by atoms with E-state index in [1.165, 1.54) is 4.90 Å². The summed E-state index contributed by atoms with van der Waals surface area (Å²) in [7, 11) is 0. The highest BCUT2D eigenvalue weighted by molar-refractivity contribution is 8.18. The lowest BCUT2D eigenvalue weighted by Crippen LogP contribution is -2.27. The summed E-state index contributed by atoms with van der Waals surface area (Å²) >= 11 is 13.2. The monoisotopic (exact) mass is 469 g/mol. The first-order valence-corrected chi connectivity index (χ1v) is 11.0. The quantitative estimate of drug-likeness (QED) is 0.372. The Hall–Kier alpha value is -2.73. The number of thioether (sulfide) groups is 1. The number of carbonyl (C=O) groups is 2. The third kappa shape index (κ3) is 5.13. The lowest BCUT2D eigenvalue weighted by molar-refractivity contribution is -0.123. The van der Waals surface area contributed by atoms with E-state index in [1.54, 1.807) is 24.3 Å². The van der Waals surface area contributed by atoms with Crippen LogP contribution < -0.4 is 4.74 Å². The van der Waals surface area contributed by atoms with E-state index in [2.05, 4.69) is 0 Å². The molecule has 2 amide bonds. The highest BCUT2D eigenvalue weighted by Gasteiger charge is 2.35. The Balaban J connectivity index is 1.42. The Morgan fingerprint density at radius 3 is 2.10 bits per heavy atom. The molecule has 3 aromatic carbocycles. The van der Waals surface area contributed by atoms with Crippen molar-refractivity contribution in [2.75, 3.05) is 0 Å². The Bertz CT molecular complexity index is 1160. The second kappa shape index (κ2) is 9.60. The normalized spacial score (nSPS) is 15.0. The standard InChI is InChI=1S/C24H17Cl2NO3S/c25-20-7-3-1-5-17(20)14-27-23(28)22(31-24(27)29)13-16-9-11-19(12-10-16)30-15-18-6-2-4-8-21(18)26/h1-13H,14-15H2/b22-13+. The van der Waals surface area contributed by atoms with E-state index in [0.717, 1.165) is 28.5 Å². The van der Waals surface area contributed by atoms with Crippen molar-refractivity contribution in [1.29, 1.82) is 0 Å². The van der Waals surface area contributed by atoms with E-state index in [-0.39, 0.29) is 17.7 Å². The molecule has 0 atom stereocenters. The van der Waals surface area contributed by atoms with Gasteiger partial charge in [-0.3, -0.25) is 14.5 Å². The smallest absolute Gasteiger partial charge is 0.293 e. The minimum atomic E-state index is -0.325. The maximum atomic E-state index is 12.7. The third-order valence-corrected chi connectivity index (χ3v) is 6.33. The van der Waals surface area contributed by atoms with Gasteiger partial charge in [0.2, 0.25) is 0 Å². The number of benzene rings is 3. The number of carbonyl (C=O) groups excluding carboxylic acids is 2. The number of imide groups is 1. The van der Waals surface area contributed by atoms with Crippen LogP contribution in [0.3, 0.4) is 0 Å². The summed E-state index contributed by atoms with van der Waals surface area (Å²) < 4.78 is 5.78. The summed E-state index contributed by atoms with van der Waals surface area (Å²) in [6.07, 6.45) is 1.70. The van der Waals surface area contributed by atoms with Crippen LogP contribution in [0.5, 0.6) is 5.75 Å². The first-order chi connectivity index (χ1) is 15.0. The Labute approximate surface area is 194 Å². The largest absolute Gasteiger partial charge is 0.489 e. The van der Waals surface area contributed by atoms with Crippen molar-refractivity contribution in [1.82, 2.24) is 4.90 Å². The van der Waals surface area contributed by atoms with Crippen LogP contribution in [-0.4, -0.2) is 16.0 Å². The summed E-state index contributed by atoms with van der Waals surface area (Å²) in [6.45, 7) is 0.510.